The van der Waals surface area contributed by atoms with Gasteiger partial charge in [-0.1, -0.05) is 0 Å². The second-order valence-corrected chi connectivity index (χ2v) is 8.21. The Morgan fingerprint density at radius 2 is 1.76 bits per heavy atom. The second-order valence-electron chi connectivity index (χ2n) is 8.21. The van der Waals surface area contributed by atoms with Crippen molar-refractivity contribution < 1.29 is 36.2 Å². The first kappa shape index (κ1) is 28.1. The number of hydrogen-bond acceptors (Lipinski definition) is 8. The lowest BCUT2D eigenvalue weighted by Gasteiger charge is -2.23. The van der Waals surface area contributed by atoms with Crippen LogP contribution in [-0.4, -0.2) is 43.0 Å². The molecule has 0 bridgehead atoms. The van der Waals surface area contributed by atoms with Crippen LogP contribution in [0.3, 0.4) is 0 Å². The molecule has 0 saturated carbocycles. The van der Waals surface area contributed by atoms with Crippen LogP contribution in [0.15, 0.2) is 18.3 Å². The predicted molar refractivity (Wildman–Crippen MR) is 120 cm³/mol. The van der Waals surface area contributed by atoms with E-state index in [-0.39, 0.29) is 40.7 Å². The Kier molecular flexibility index (Phi) is 7.97. The number of alkyl halides is 6. The lowest BCUT2D eigenvalue weighted by molar-refractivity contribution is -0.142. The van der Waals surface area contributed by atoms with Gasteiger partial charge in [-0.05, 0) is 45.4 Å². The summed E-state index contributed by atoms with van der Waals surface area (Å²) in [6, 6.07) is 1.54. The fourth-order valence-electron chi connectivity index (χ4n) is 3.52. The third kappa shape index (κ3) is 6.46. The van der Waals surface area contributed by atoms with E-state index in [0.717, 1.165) is 10.7 Å². The molecular formula is C22H25F6N7O2. The van der Waals surface area contributed by atoms with Crippen LogP contribution >= 0.6 is 0 Å². The molecule has 15 heteroatoms. The Morgan fingerprint density at radius 1 is 1.08 bits per heavy atom. The highest BCUT2D eigenvalue weighted by molar-refractivity contribution is 5.65. The van der Waals surface area contributed by atoms with Crippen LogP contribution in [0.25, 0.3) is 11.3 Å². The van der Waals surface area contributed by atoms with Gasteiger partial charge in [0.1, 0.15) is 0 Å². The fourth-order valence-corrected chi connectivity index (χ4v) is 3.52. The number of aromatic nitrogens is 5. The number of nitrogens with zero attached hydrogens (tertiary/aromatic N) is 5. The minimum Gasteiger partial charge on any atom is -0.478 e. The Balaban J connectivity index is 1.81. The number of hydrogen-bond donors (Lipinski definition) is 3. The Bertz CT molecular complexity index is 1260. The molecule has 2 atom stereocenters. The van der Waals surface area contributed by atoms with Crippen molar-refractivity contribution in [3.8, 4) is 17.1 Å². The van der Waals surface area contributed by atoms with E-state index in [9.17, 15) is 31.4 Å². The average Bonchev–Trinajstić information content (AvgIpc) is 3.17. The summed E-state index contributed by atoms with van der Waals surface area (Å²) in [6.07, 6.45) is -9.77. The molecule has 202 valence electrons. The van der Waals surface area contributed by atoms with E-state index < -0.39 is 36.1 Å². The summed E-state index contributed by atoms with van der Waals surface area (Å²) < 4.78 is 86.1. The van der Waals surface area contributed by atoms with Gasteiger partial charge < -0.3 is 15.2 Å². The minimum atomic E-state index is -4.74. The van der Waals surface area contributed by atoms with Gasteiger partial charge in [-0.3, -0.25) is 10.00 Å². The number of aliphatic hydroxyl groups excluding tert-OH is 1. The number of ether oxygens (including phenoxy) is 1. The van der Waals surface area contributed by atoms with E-state index in [0.29, 0.717) is 5.56 Å². The predicted octanol–water partition coefficient (Wildman–Crippen LogP) is 4.36. The Hall–Kier alpha value is -3.46. The highest BCUT2D eigenvalue weighted by Gasteiger charge is 2.38. The summed E-state index contributed by atoms with van der Waals surface area (Å²) in [5.41, 5.74) is -1.69. The monoisotopic (exact) mass is 533 g/mol. The number of aliphatic hydroxyl groups is 1. The normalized spacial score (nSPS) is 13.9. The molecule has 0 aliphatic heterocycles. The molecule has 0 saturated heterocycles. The first-order valence-electron chi connectivity index (χ1n) is 11.0. The molecule has 0 radical (unpaired) electrons. The van der Waals surface area contributed by atoms with Gasteiger partial charge in [0.25, 0.3) is 0 Å². The molecule has 0 amide bonds. The van der Waals surface area contributed by atoms with Crippen molar-refractivity contribution in [3.63, 3.8) is 0 Å². The number of anilines is 1. The maximum Gasteiger partial charge on any atom is 0.435 e. The summed E-state index contributed by atoms with van der Waals surface area (Å²) in [5, 5.41) is 27.1. The summed E-state index contributed by atoms with van der Waals surface area (Å²) >= 11 is 0. The van der Waals surface area contributed by atoms with Crippen LogP contribution in [0.1, 0.15) is 48.1 Å². The Morgan fingerprint density at radius 3 is 2.32 bits per heavy atom. The second kappa shape index (κ2) is 10.5. The van der Waals surface area contributed by atoms with E-state index in [2.05, 4.69) is 30.9 Å². The summed E-state index contributed by atoms with van der Waals surface area (Å²) in [7, 11) is 1.36. The SMILES string of the molecule is CCOc1nc(C(F)(F)F)cc(NC(O)NC(C)c2cc(C)c(-c3cn(C)nc3C(F)(F)F)nn2)c1C. The topological polar surface area (TPSA) is 110 Å². The molecule has 0 spiro atoms. The maximum atomic E-state index is 13.4. The highest BCUT2D eigenvalue weighted by atomic mass is 19.4. The van der Waals surface area contributed by atoms with Gasteiger partial charge in [0.05, 0.1) is 29.6 Å². The zero-order valence-electron chi connectivity index (χ0n) is 20.5. The molecule has 3 rings (SSSR count). The van der Waals surface area contributed by atoms with Gasteiger partial charge in [0.2, 0.25) is 5.88 Å². The molecule has 0 fully saturated rings. The van der Waals surface area contributed by atoms with Gasteiger partial charge in [0.15, 0.2) is 17.7 Å². The van der Waals surface area contributed by atoms with Gasteiger partial charge in [-0.15, -0.1) is 5.10 Å². The molecular weight excluding hydrogens is 508 g/mol. The van der Waals surface area contributed by atoms with Crippen molar-refractivity contribution in [3.05, 3.63) is 46.5 Å². The first-order chi connectivity index (χ1) is 17.1. The minimum absolute atomic E-state index is 0.00871. The smallest absolute Gasteiger partial charge is 0.435 e. The summed E-state index contributed by atoms with van der Waals surface area (Å²) in [5.74, 6) is -0.231. The van der Waals surface area contributed by atoms with E-state index in [1.54, 1.807) is 20.8 Å². The molecule has 3 heterocycles. The summed E-state index contributed by atoms with van der Waals surface area (Å²) in [6.45, 7) is 6.31. The molecule has 9 nitrogen and oxygen atoms in total. The molecule has 3 aromatic rings. The van der Waals surface area contributed by atoms with Crippen LogP contribution in [0.2, 0.25) is 0 Å². The van der Waals surface area contributed by atoms with Crippen molar-refractivity contribution >= 4 is 5.69 Å². The molecule has 3 N–H and O–H groups in total. The molecule has 2 unspecified atom stereocenters. The van der Waals surface area contributed by atoms with Gasteiger partial charge in [-0.25, -0.2) is 4.98 Å². The van der Waals surface area contributed by atoms with Crippen molar-refractivity contribution in [2.24, 2.45) is 7.05 Å². The van der Waals surface area contributed by atoms with E-state index in [1.165, 1.54) is 26.2 Å². The molecule has 37 heavy (non-hydrogen) atoms. The van der Waals surface area contributed by atoms with E-state index >= 15 is 0 Å². The van der Waals surface area contributed by atoms with E-state index in [1.807, 2.05) is 0 Å². The average molecular weight is 533 g/mol. The molecule has 0 aliphatic carbocycles. The van der Waals surface area contributed by atoms with E-state index in [4.69, 9.17) is 4.74 Å². The number of aryl methyl sites for hydroxylation is 2. The fraction of sp³-hybridized carbons (Fsp3) is 0.455. The first-order valence-corrected chi connectivity index (χ1v) is 11.0. The Labute approximate surface area is 207 Å². The zero-order chi connectivity index (χ0) is 27.7. The number of nitrogens with one attached hydrogen (secondary N) is 2. The van der Waals surface area contributed by atoms with Crippen molar-refractivity contribution in [1.82, 2.24) is 30.3 Å². The van der Waals surface area contributed by atoms with Crippen LogP contribution in [0.5, 0.6) is 5.88 Å². The molecule has 0 aromatic carbocycles. The van der Waals surface area contributed by atoms with Gasteiger partial charge >= 0.3 is 12.4 Å². The standard InChI is InChI=1S/C22H25F6N7O2/c1-6-37-19-11(3)14(8-16(31-19)21(23,24)25)30-20(36)29-12(4)15-7-10(2)17(33-32-15)13-9-35(5)34-18(13)22(26,27)28/h7-9,12,20,29,36H,6H2,1-5H3,(H,30,31). The number of rotatable bonds is 8. The zero-order valence-corrected chi connectivity index (χ0v) is 20.5. The third-order valence-corrected chi connectivity index (χ3v) is 5.30. The van der Waals surface area contributed by atoms with Gasteiger partial charge in [0, 0.05) is 24.5 Å². The maximum absolute atomic E-state index is 13.4. The van der Waals surface area contributed by atoms with Crippen molar-refractivity contribution in [1.29, 1.82) is 0 Å². The van der Waals surface area contributed by atoms with Gasteiger partial charge in [-0.2, -0.15) is 36.5 Å². The third-order valence-electron chi connectivity index (χ3n) is 5.30. The van der Waals surface area contributed by atoms with Crippen molar-refractivity contribution in [2.45, 2.75) is 52.4 Å². The van der Waals surface area contributed by atoms with Crippen LogP contribution in [0, 0.1) is 13.8 Å². The van der Waals surface area contributed by atoms with Crippen LogP contribution in [0.4, 0.5) is 32.0 Å². The highest BCUT2D eigenvalue weighted by Crippen LogP contribution is 2.37. The van der Waals surface area contributed by atoms with Crippen molar-refractivity contribution in [2.75, 3.05) is 11.9 Å². The lowest BCUT2D eigenvalue weighted by Crippen LogP contribution is -2.38. The lowest BCUT2D eigenvalue weighted by atomic mass is 10.1. The summed E-state index contributed by atoms with van der Waals surface area (Å²) in [4.78, 5) is 3.49. The van der Waals surface area contributed by atoms with Crippen LogP contribution < -0.4 is 15.4 Å². The molecule has 3 aromatic heterocycles. The quantitative estimate of drug-likeness (QED) is 0.290. The largest absolute Gasteiger partial charge is 0.478 e. The number of halogens is 6. The van der Waals surface area contributed by atoms with Crippen LogP contribution in [-0.2, 0) is 19.4 Å². The number of pyridine rings is 1. The molecule has 0 aliphatic rings.